The van der Waals surface area contributed by atoms with E-state index in [1.165, 1.54) is 4.31 Å². The highest BCUT2D eigenvalue weighted by molar-refractivity contribution is 7.89. The van der Waals surface area contributed by atoms with Gasteiger partial charge < -0.3 is 9.57 Å². The van der Waals surface area contributed by atoms with Gasteiger partial charge in [0, 0.05) is 25.6 Å². The number of rotatable bonds is 8. The van der Waals surface area contributed by atoms with E-state index in [1.807, 2.05) is 67.6 Å². The van der Waals surface area contributed by atoms with E-state index < -0.39 is 15.9 Å². The van der Waals surface area contributed by atoms with Crippen molar-refractivity contribution in [2.75, 3.05) is 13.6 Å². The number of hydrogen-bond acceptors (Lipinski definition) is 6. The highest BCUT2D eigenvalue weighted by atomic mass is 32.2. The third-order valence-corrected chi connectivity index (χ3v) is 8.75. The molecule has 0 spiro atoms. The quantitative estimate of drug-likeness (QED) is 0.435. The molecule has 2 heterocycles. The van der Waals surface area contributed by atoms with Crippen molar-refractivity contribution in [2.24, 2.45) is 5.16 Å². The molecule has 5 rings (SSSR count). The van der Waals surface area contributed by atoms with Gasteiger partial charge in [0.25, 0.3) is 0 Å². The standard InChI is InChI=1S/C28H31N3O4S/c1-21-15-17-25(18-16-21)36(32,33)30(3)20-10-19-28-31(27(29-35-28)24-13-8-5-9-14-24)22(2)26(34-28)23-11-6-4-7-12-23/h4-9,11-18,22,26H,10,19-20H2,1-3H3. The number of aryl methyl sites for hydroxylation is 1. The van der Waals surface area contributed by atoms with Crippen molar-refractivity contribution in [2.45, 2.75) is 49.6 Å². The van der Waals surface area contributed by atoms with Crippen LogP contribution in [-0.4, -0.2) is 49.0 Å². The molecule has 3 aromatic rings. The second kappa shape index (κ2) is 9.69. The Bertz CT molecular complexity index is 1330. The van der Waals surface area contributed by atoms with Crippen molar-refractivity contribution in [3.05, 3.63) is 102 Å². The van der Waals surface area contributed by atoms with E-state index in [0.717, 1.165) is 22.5 Å². The van der Waals surface area contributed by atoms with Crippen LogP contribution >= 0.6 is 0 Å². The number of fused-ring (bicyclic) bond motifs is 1. The third kappa shape index (κ3) is 4.40. The van der Waals surface area contributed by atoms with E-state index in [-0.39, 0.29) is 17.0 Å². The topological polar surface area (TPSA) is 71.4 Å². The molecule has 8 heteroatoms. The maximum Gasteiger partial charge on any atom is 0.321 e. The Labute approximate surface area is 213 Å². The van der Waals surface area contributed by atoms with Crippen LogP contribution in [0.2, 0.25) is 0 Å². The Morgan fingerprint density at radius 2 is 1.61 bits per heavy atom. The summed E-state index contributed by atoms with van der Waals surface area (Å²) >= 11 is 0. The monoisotopic (exact) mass is 505 g/mol. The lowest BCUT2D eigenvalue weighted by Gasteiger charge is -2.31. The number of benzene rings is 3. The summed E-state index contributed by atoms with van der Waals surface area (Å²) in [6.07, 6.45) is 0.771. The van der Waals surface area contributed by atoms with Crippen molar-refractivity contribution < 1.29 is 18.0 Å². The van der Waals surface area contributed by atoms with Crippen LogP contribution in [0, 0.1) is 6.92 Å². The Hall–Kier alpha value is -3.20. The minimum Gasteiger partial charge on any atom is -0.336 e. The van der Waals surface area contributed by atoms with Crippen molar-refractivity contribution in [1.82, 2.24) is 9.21 Å². The Morgan fingerprint density at radius 1 is 0.972 bits per heavy atom. The van der Waals surface area contributed by atoms with Crippen molar-refractivity contribution in [3.63, 3.8) is 0 Å². The molecule has 0 N–H and O–H groups in total. The van der Waals surface area contributed by atoms with Crippen molar-refractivity contribution in [1.29, 1.82) is 0 Å². The maximum atomic E-state index is 13.1. The summed E-state index contributed by atoms with van der Waals surface area (Å²) < 4.78 is 34.1. The average Bonchev–Trinajstić information content (AvgIpc) is 3.40. The molecule has 36 heavy (non-hydrogen) atoms. The average molecular weight is 506 g/mol. The molecule has 188 valence electrons. The van der Waals surface area contributed by atoms with E-state index >= 15 is 0 Å². The Kier molecular flexibility index (Phi) is 6.59. The normalized spacial score (nSPS) is 23.4. The van der Waals surface area contributed by atoms with E-state index in [2.05, 4.69) is 29.1 Å². The molecule has 1 fully saturated rings. The first-order chi connectivity index (χ1) is 17.3. The predicted octanol–water partition coefficient (Wildman–Crippen LogP) is 4.90. The van der Waals surface area contributed by atoms with E-state index in [4.69, 9.17) is 9.57 Å². The lowest BCUT2D eigenvalue weighted by Crippen LogP contribution is -2.48. The van der Waals surface area contributed by atoms with Gasteiger partial charge in [-0.05, 0) is 38.0 Å². The zero-order chi connectivity index (χ0) is 25.3. The molecule has 2 aliphatic rings. The van der Waals surface area contributed by atoms with Crippen LogP contribution < -0.4 is 0 Å². The molecular weight excluding hydrogens is 474 g/mol. The van der Waals surface area contributed by atoms with E-state index in [0.29, 0.717) is 19.4 Å². The number of sulfonamides is 1. The summed E-state index contributed by atoms with van der Waals surface area (Å²) in [5.74, 6) is -0.373. The first-order valence-corrected chi connectivity index (χ1v) is 13.6. The van der Waals surface area contributed by atoms with E-state index in [1.54, 1.807) is 19.2 Å². The fraction of sp³-hybridized carbons (Fsp3) is 0.321. The number of amidine groups is 1. The molecule has 1 saturated heterocycles. The number of oxime groups is 1. The molecule has 2 aliphatic heterocycles. The van der Waals surface area contributed by atoms with Crippen LogP contribution in [-0.2, 0) is 19.6 Å². The molecular formula is C28H31N3O4S. The van der Waals surface area contributed by atoms with Crippen LogP contribution in [0.15, 0.2) is 95.0 Å². The third-order valence-electron chi connectivity index (χ3n) is 6.88. The second-order valence-corrected chi connectivity index (χ2v) is 11.4. The molecule has 3 aromatic carbocycles. The predicted molar refractivity (Wildman–Crippen MR) is 139 cm³/mol. The van der Waals surface area contributed by atoms with Gasteiger partial charge in [-0.2, -0.15) is 0 Å². The van der Waals surface area contributed by atoms with Crippen LogP contribution in [0.1, 0.15) is 42.6 Å². The summed E-state index contributed by atoms with van der Waals surface area (Å²) in [4.78, 5) is 8.44. The number of nitrogens with zero attached hydrogens (tertiary/aromatic N) is 3. The summed E-state index contributed by atoms with van der Waals surface area (Å²) in [5.41, 5.74) is 3.03. The fourth-order valence-electron chi connectivity index (χ4n) is 4.91. The lowest BCUT2D eigenvalue weighted by molar-refractivity contribution is -0.260. The van der Waals surface area contributed by atoms with Crippen LogP contribution in [0.5, 0.6) is 0 Å². The van der Waals surface area contributed by atoms with Gasteiger partial charge in [0.05, 0.1) is 10.9 Å². The highest BCUT2D eigenvalue weighted by Crippen LogP contribution is 2.48. The minimum absolute atomic E-state index is 0.0390. The molecule has 0 radical (unpaired) electrons. The number of ether oxygens (including phenoxy) is 1. The molecule has 0 aliphatic carbocycles. The molecule has 3 unspecified atom stereocenters. The first kappa shape index (κ1) is 24.5. The zero-order valence-corrected chi connectivity index (χ0v) is 21.6. The van der Waals surface area contributed by atoms with Gasteiger partial charge in [-0.25, -0.2) is 12.7 Å². The zero-order valence-electron chi connectivity index (χ0n) is 20.7. The SMILES string of the molecule is Cc1ccc(S(=O)(=O)N(C)CCCC23ON=C(c4ccccc4)N2C(C)C(c2ccccc2)O3)cc1. The van der Waals surface area contributed by atoms with Gasteiger partial charge in [-0.1, -0.05) is 83.5 Å². The van der Waals surface area contributed by atoms with Gasteiger partial charge in [0.2, 0.25) is 10.0 Å². The van der Waals surface area contributed by atoms with Crippen molar-refractivity contribution in [3.8, 4) is 0 Å². The van der Waals surface area contributed by atoms with Crippen LogP contribution in [0.4, 0.5) is 0 Å². The highest BCUT2D eigenvalue weighted by Gasteiger charge is 2.58. The summed E-state index contributed by atoms with van der Waals surface area (Å²) in [5, 5.41) is 4.43. The van der Waals surface area contributed by atoms with Crippen molar-refractivity contribution >= 4 is 15.9 Å². The van der Waals surface area contributed by atoms with Gasteiger partial charge in [0.1, 0.15) is 6.10 Å². The van der Waals surface area contributed by atoms with E-state index in [9.17, 15) is 8.42 Å². The summed E-state index contributed by atoms with van der Waals surface area (Å²) in [6, 6.07) is 26.9. The largest absolute Gasteiger partial charge is 0.336 e. The fourth-order valence-corrected chi connectivity index (χ4v) is 6.12. The van der Waals surface area contributed by atoms with Crippen LogP contribution in [0.25, 0.3) is 0 Å². The molecule has 0 aromatic heterocycles. The Balaban J connectivity index is 1.36. The Morgan fingerprint density at radius 3 is 2.28 bits per heavy atom. The van der Waals surface area contributed by atoms with Gasteiger partial charge >= 0.3 is 5.91 Å². The first-order valence-electron chi connectivity index (χ1n) is 12.2. The molecule has 0 saturated carbocycles. The van der Waals surface area contributed by atoms with Gasteiger partial charge in [-0.3, -0.25) is 4.90 Å². The summed E-state index contributed by atoms with van der Waals surface area (Å²) in [7, 11) is -1.98. The summed E-state index contributed by atoms with van der Waals surface area (Å²) in [6.45, 7) is 4.37. The smallest absolute Gasteiger partial charge is 0.321 e. The minimum atomic E-state index is -3.58. The molecule has 0 amide bonds. The van der Waals surface area contributed by atoms with Gasteiger partial charge in [-0.15, -0.1) is 0 Å². The molecule has 7 nitrogen and oxygen atoms in total. The van der Waals surface area contributed by atoms with Gasteiger partial charge in [0.15, 0.2) is 5.84 Å². The second-order valence-electron chi connectivity index (χ2n) is 9.39. The number of hydrogen-bond donors (Lipinski definition) is 0. The lowest BCUT2D eigenvalue weighted by atomic mass is 10.0. The molecule has 3 atom stereocenters. The van der Waals surface area contributed by atoms with Crippen LogP contribution in [0.3, 0.4) is 0 Å². The maximum absolute atomic E-state index is 13.1. The molecule has 0 bridgehead atoms.